The molecule has 0 aliphatic rings. The number of thioether (sulfide) groups is 1. The summed E-state index contributed by atoms with van der Waals surface area (Å²) in [5.41, 5.74) is -0.0859. The Morgan fingerprint density at radius 2 is 2.32 bits per heavy atom. The highest BCUT2D eigenvalue weighted by Gasteiger charge is 2.13. The van der Waals surface area contributed by atoms with Gasteiger partial charge in [0.05, 0.1) is 11.1 Å². The van der Waals surface area contributed by atoms with Crippen LogP contribution in [-0.2, 0) is 11.8 Å². The number of anilines is 1. The summed E-state index contributed by atoms with van der Waals surface area (Å²) in [7, 11) is 1.67. The van der Waals surface area contributed by atoms with Crippen molar-refractivity contribution in [2.45, 2.75) is 12.1 Å². The monoisotopic (exact) mass is 352 g/mol. The molecule has 114 valence electrons. The molecule has 3 aromatic heterocycles. The molecule has 3 heterocycles. The van der Waals surface area contributed by atoms with Crippen molar-refractivity contribution in [1.29, 1.82) is 0 Å². The van der Waals surface area contributed by atoms with Crippen LogP contribution >= 0.6 is 34.4 Å². The molecule has 1 amide bonds. The summed E-state index contributed by atoms with van der Waals surface area (Å²) in [5, 5.41) is 6.22. The Morgan fingerprint density at radius 1 is 1.50 bits per heavy atom. The molecule has 0 fully saturated rings. The molecule has 0 saturated heterocycles. The van der Waals surface area contributed by atoms with E-state index in [2.05, 4.69) is 15.3 Å². The average Bonchev–Trinajstić information content (AvgIpc) is 3.10. The molecule has 3 aromatic rings. The molecule has 22 heavy (non-hydrogen) atoms. The predicted molar refractivity (Wildman–Crippen MR) is 91.1 cm³/mol. The number of hydrogen-bond acceptors (Lipinski definition) is 7. The number of thiophene rings is 1. The fourth-order valence-corrected chi connectivity index (χ4v) is 4.11. The van der Waals surface area contributed by atoms with Gasteiger partial charge in [0.15, 0.2) is 10.3 Å². The number of aromatic nitrogens is 3. The molecule has 9 heteroatoms. The number of carbonyl (C=O) groups excluding carboxylic acids is 1. The van der Waals surface area contributed by atoms with Gasteiger partial charge in [-0.25, -0.2) is 9.97 Å². The first-order chi connectivity index (χ1) is 10.5. The fraction of sp³-hybridized carbons (Fsp3) is 0.231. The van der Waals surface area contributed by atoms with E-state index < -0.39 is 0 Å². The zero-order valence-electron chi connectivity index (χ0n) is 11.8. The van der Waals surface area contributed by atoms with Crippen molar-refractivity contribution in [2.24, 2.45) is 7.05 Å². The minimum absolute atomic E-state index is 0.0859. The molecule has 0 atom stereocenters. The molecule has 0 spiro atoms. The van der Waals surface area contributed by atoms with E-state index in [4.69, 9.17) is 0 Å². The molecular weight excluding hydrogens is 340 g/mol. The van der Waals surface area contributed by atoms with Crippen LogP contribution in [0.5, 0.6) is 0 Å². The Kier molecular flexibility index (Phi) is 4.27. The fourth-order valence-electron chi connectivity index (χ4n) is 1.87. The van der Waals surface area contributed by atoms with Gasteiger partial charge in [0.25, 0.3) is 5.56 Å². The number of amides is 1. The molecule has 0 bridgehead atoms. The molecule has 0 aliphatic heterocycles. The maximum absolute atomic E-state index is 12.3. The largest absolute Gasteiger partial charge is 0.301 e. The van der Waals surface area contributed by atoms with E-state index >= 15 is 0 Å². The zero-order chi connectivity index (χ0) is 15.7. The number of fused-ring (bicyclic) bond motifs is 1. The Bertz CT molecular complexity index is 883. The Morgan fingerprint density at radius 3 is 3.05 bits per heavy atom. The van der Waals surface area contributed by atoms with Crippen LogP contribution in [0, 0.1) is 6.92 Å². The molecule has 1 N–H and O–H groups in total. The SMILES string of the molecule is Cc1cc2c(=O)n(C)c(SCC(=O)Nc3nccs3)nc2s1. The first-order valence-corrected chi connectivity index (χ1v) is 9.02. The van der Waals surface area contributed by atoms with E-state index in [1.165, 1.54) is 39.0 Å². The normalized spacial score (nSPS) is 11.0. The quantitative estimate of drug-likeness (QED) is 0.577. The molecule has 0 radical (unpaired) electrons. The van der Waals surface area contributed by atoms with Gasteiger partial charge in [-0.05, 0) is 13.0 Å². The lowest BCUT2D eigenvalue weighted by molar-refractivity contribution is -0.113. The number of carbonyl (C=O) groups is 1. The van der Waals surface area contributed by atoms with Crippen molar-refractivity contribution in [3.63, 3.8) is 0 Å². The first kappa shape index (κ1) is 15.2. The summed E-state index contributed by atoms with van der Waals surface area (Å²) < 4.78 is 1.48. The van der Waals surface area contributed by atoms with Gasteiger partial charge >= 0.3 is 0 Å². The predicted octanol–water partition coefficient (Wildman–Crippen LogP) is 2.49. The van der Waals surface area contributed by atoms with Gasteiger partial charge in [-0.2, -0.15) is 0 Å². The number of aryl methyl sites for hydroxylation is 1. The van der Waals surface area contributed by atoms with Gasteiger partial charge in [-0.1, -0.05) is 11.8 Å². The van der Waals surface area contributed by atoms with Gasteiger partial charge in [0.2, 0.25) is 5.91 Å². The van der Waals surface area contributed by atoms with E-state index in [9.17, 15) is 9.59 Å². The van der Waals surface area contributed by atoms with Crippen LogP contribution in [0.2, 0.25) is 0 Å². The van der Waals surface area contributed by atoms with E-state index in [0.29, 0.717) is 20.5 Å². The lowest BCUT2D eigenvalue weighted by atomic mass is 10.4. The minimum atomic E-state index is -0.170. The Labute approximate surface area is 138 Å². The third-order valence-corrected chi connectivity index (χ3v) is 5.53. The molecule has 0 unspecified atom stereocenters. The van der Waals surface area contributed by atoms with Gasteiger partial charge < -0.3 is 5.32 Å². The second-order valence-corrected chi connectivity index (χ2v) is 7.58. The number of nitrogens with zero attached hydrogens (tertiary/aromatic N) is 3. The maximum atomic E-state index is 12.3. The minimum Gasteiger partial charge on any atom is -0.301 e. The van der Waals surface area contributed by atoms with E-state index in [1.54, 1.807) is 18.6 Å². The summed E-state index contributed by atoms with van der Waals surface area (Å²) in [6.45, 7) is 1.94. The number of rotatable bonds is 4. The Hall–Kier alpha value is -1.71. The Balaban J connectivity index is 1.77. The molecule has 6 nitrogen and oxygen atoms in total. The van der Waals surface area contributed by atoms with E-state index in [-0.39, 0.29) is 17.2 Å². The van der Waals surface area contributed by atoms with Crippen molar-refractivity contribution in [1.82, 2.24) is 14.5 Å². The first-order valence-electron chi connectivity index (χ1n) is 6.34. The second kappa shape index (κ2) is 6.19. The van der Waals surface area contributed by atoms with Crippen molar-refractivity contribution in [3.05, 3.63) is 32.9 Å². The number of hydrogen-bond donors (Lipinski definition) is 1. The lowest BCUT2D eigenvalue weighted by Gasteiger charge is -2.06. The topological polar surface area (TPSA) is 76.9 Å². The van der Waals surface area contributed by atoms with Crippen molar-refractivity contribution in [3.8, 4) is 0 Å². The summed E-state index contributed by atoms with van der Waals surface area (Å²) in [6, 6.07) is 1.85. The molecule has 0 saturated carbocycles. The van der Waals surface area contributed by atoms with Crippen LogP contribution in [0.4, 0.5) is 5.13 Å². The third-order valence-electron chi connectivity index (χ3n) is 2.87. The maximum Gasteiger partial charge on any atom is 0.262 e. The van der Waals surface area contributed by atoms with Gasteiger partial charge in [0.1, 0.15) is 4.83 Å². The molecule has 0 aromatic carbocycles. The van der Waals surface area contributed by atoms with Crippen molar-refractivity contribution in [2.75, 3.05) is 11.1 Å². The van der Waals surface area contributed by atoms with Crippen LogP contribution < -0.4 is 10.9 Å². The van der Waals surface area contributed by atoms with Crippen LogP contribution in [0.3, 0.4) is 0 Å². The standard InChI is InChI=1S/C13H12N4O2S3/c1-7-5-8-10(22-7)16-13(17(2)11(8)19)21-6-9(18)15-12-14-3-4-20-12/h3-5H,6H2,1-2H3,(H,14,15,18). The molecule has 0 aliphatic carbocycles. The van der Waals surface area contributed by atoms with Gasteiger partial charge in [-0.15, -0.1) is 22.7 Å². The summed E-state index contributed by atoms with van der Waals surface area (Å²) in [5.74, 6) is 0.00655. The molecule has 3 rings (SSSR count). The van der Waals surface area contributed by atoms with Gasteiger partial charge in [0, 0.05) is 23.5 Å². The van der Waals surface area contributed by atoms with Crippen LogP contribution in [-0.4, -0.2) is 26.2 Å². The van der Waals surface area contributed by atoms with E-state index in [0.717, 1.165) is 4.88 Å². The van der Waals surface area contributed by atoms with Crippen molar-refractivity contribution >= 4 is 55.7 Å². The molecular formula is C13H12N4O2S3. The third kappa shape index (κ3) is 3.06. The summed E-state index contributed by atoms with van der Waals surface area (Å²) in [6.07, 6.45) is 1.63. The van der Waals surface area contributed by atoms with Crippen molar-refractivity contribution < 1.29 is 4.79 Å². The van der Waals surface area contributed by atoms with Crippen LogP contribution in [0.15, 0.2) is 27.6 Å². The second-order valence-electron chi connectivity index (χ2n) is 4.51. The highest BCUT2D eigenvalue weighted by molar-refractivity contribution is 7.99. The van der Waals surface area contributed by atoms with E-state index in [1.807, 2.05) is 13.0 Å². The average molecular weight is 352 g/mol. The summed E-state index contributed by atoms with van der Waals surface area (Å²) in [4.78, 5) is 34.4. The highest BCUT2D eigenvalue weighted by Crippen LogP contribution is 2.23. The van der Waals surface area contributed by atoms with Gasteiger partial charge in [-0.3, -0.25) is 14.2 Å². The highest BCUT2D eigenvalue weighted by atomic mass is 32.2. The van der Waals surface area contributed by atoms with Crippen LogP contribution in [0.25, 0.3) is 10.2 Å². The zero-order valence-corrected chi connectivity index (χ0v) is 14.3. The number of nitrogens with one attached hydrogen (secondary N) is 1. The smallest absolute Gasteiger partial charge is 0.262 e. The number of thiazole rings is 1. The lowest BCUT2D eigenvalue weighted by Crippen LogP contribution is -2.20. The summed E-state index contributed by atoms with van der Waals surface area (Å²) >= 11 is 4.08. The van der Waals surface area contributed by atoms with Crippen LogP contribution in [0.1, 0.15) is 4.88 Å².